The average Bonchev–Trinajstić information content (AvgIpc) is 2.62. The smallest absolute Gasteiger partial charge is 0.243 e. The van der Waals surface area contributed by atoms with Crippen LogP contribution in [0, 0.1) is 0 Å². The molecule has 0 heterocycles. The monoisotopic (exact) mass is 353 g/mol. The predicted octanol–water partition coefficient (Wildman–Crippen LogP) is 0.947. The molecule has 0 spiro atoms. The van der Waals surface area contributed by atoms with Crippen molar-refractivity contribution in [2.45, 2.75) is 31.8 Å². The molecule has 2 rings (SSSR count). The first kappa shape index (κ1) is 19.2. The van der Waals surface area contributed by atoms with Crippen LogP contribution in [-0.4, -0.2) is 29.8 Å². The molecule has 0 saturated carbocycles. The molecule has 0 fully saturated rings. The summed E-state index contributed by atoms with van der Waals surface area (Å²) in [6.07, 6.45) is 0.614. The van der Waals surface area contributed by atoms with Crippen LogP contribution in [0.15, 0.2) is 60.7 Å². The molecule has 136 valence electrons. The molecule has 2 aromatic rings. The van der Waals surface area contributed by atoms with Crippen LogP contribution in [0.3, 0.4) is 0 Å². The molecule has 0 aromatic heterocycles. The summed E-state index contributed by atoms with van der Waals surface area (Å²) in [4.78, 5) is 35.9. The Bertz CT molecular complexity index is 747. The maximum absolute atomic E-state index is 12.7. The van der Waals surface area contributed by atoms with Crippen LogP contribution in [0.5, 0.6) is 0 Å². The molecule has 0 saturated heterocycles. The zero-order chi connectivity index (χ0) is 18.9. The summed E-state index contributed by atoms with van der Waals surface area (Å²) in [5.74, 6) is -1.38. The van der Waals surface area contributed by atoms with Gasteiger partial charge in [-0.1, -0.05) is 60.7 Å². The highest BCUT2D eigenvalue weighted by Crippen LogP contribution is 2.06. The minimum Gasteiger partial charge on any atom is -0.368 e. The van der Waals surface area contributed by atoms with E-state index in [-0.39, 0.29) is 5.91 Å². The number of rotatable bonds is 8. The SMILES string of the molecule is CC(=O)N[C@H](Cc1ccccc1)C(=O)N[C@H](Cc1ccccc1)C(N)=O. The Hall–Kier alpha value is -3.15. The van der Waals surface area contributed by atoms with E-state index in [2.05, 4.69) is 10.6 Å². The maximum Gasteiger partial charge on any atom is 0.243 e. The van der Waals surface area contributed by atoms with Gasteiger partial charge < -0.3 is 16.4 Å². The van der Waals surface area contributed by atoms with Gasteiger partial charge in [-0.2, -0.15) is 0 Å². The van der Waals surface area contributed by atoms with Gasteiger partial charge in [-0.05, 0) is 11.1 Å². The van der Waals surface area contributed by atoms with E-state index < -0.39 is 23.9 Å². The van der Waals surface area contributed by atoms with Crippen molar-refractivity contribution in [3.05, 3.63) is 71.8 Å². The van der Waals surface area contributed by atoms with Gasteiger partial charge in [0, 0.05) is 19.8 Å². The highest BCUT2D eigenvalue weighted by atomic mass is 16.2. The van der Waals surface area contributed by atoms with E-state index in [0.717, 1.165) is 11.1 Å². The molecular formula is C20H23N3O3. The van der Waals surface area contributed by atoms with E-state index in [4.69, 9.17) is 5.73 Å². The molecule has 2 aromatic carbocycles. The van der Waals surface area contributed by atoms with Gasteiger partial charge in [0.2, 0.25) is 17.7 Å². The summed E-state index contributed by atoms with van der Waals surface area (Å²) in [5.41, 5.74) is 7.23. The second-order valence-electron chi connectivity index (χ2n) is 6.10. The second kappa shape index (κ2) is 9.36. The first-order chi connectivity index (χ1) is 12.5. The largest absolute Gasteiger partial charge is 0.368 e. The molecule has 6 nitrogen and oxygen atoms in total. The van der Waals surface area contributed by atoms with Gasteiger partial charge in [0.1, 0.15) is 12.1 Å². The number of benzene rings is 2. The Morgan fingerprint density at radius 2 is 1.27 bits per heavy atom. The van der Waals surface area contributed by atoms with Crippen molar-refractivity contribution < 1.29 is 14.4 Å². The molecule has 0 aliphatic heterocycles. The van der Waals surface area contributed by atoms with E-state index in [1.807, 2.05) is 60.7 Å². The molecule has 0 aliphatic rings. The molecule has 0 aliphatic carbocycles. The quantitative estimate of drug-likeness (QED) is 0.658. The van der Waals surface area contributed by atoms with Crippen LogP contribution in [0.25, 0.3) is 0 Å². The van der Waals surface area contributed by atoms with Crippen molar-refractivity contribution >= 4 is 17.7 Å². The number of amides is 3. The molecular weight excluding hydrogens is 330 g/mol. The first-order valence-corrected chi connectivity index (χ1v) is 8.40. The lowest BCUT2D eigenvalue weighted by Gasteiger charge is -2.21. The van der Waals surface area contributed by atoms with Crippen molar-refractivity contribution in [2.75, 3.05) is 0 Å². The van der Waals surface area contributed by atoms with Crippen LogP contribution in [0.2, 0.25) is 0 Å². The van der Waals surface area contributed by atoms with Gasteiger partial charge in [-0.3, -0.25) is 14.4 Å². The zero-order valence-electron chi connectivity index (χ0n) is 14.6. The third-order valence-electron chi connectivity index (χ3n) is 3.92. The number of carbonyl (C=O) groups excluding carboxylic acids is 3. The Morgan fingerprint density at radius 1 is 0.808 bits per heavy atom. The van der Waals surface area contributed by atoms with E-state index >= 15 is 0 Å². The van der Waals surface area contributed by atoms with Gasteiger partial charge in [0.05, 0.1) is 0 Å². The van der Waals surface area contributed by atoms with Crippen LogP contribution in [0.1, 0.15) is 18.1 Å². The minimum absolute atomic E-state index is 0.292. The lowest BCUT2D eigenvalue weighted by atomic mass is 10.0. The van der Waals surface area contributed by atoms with E-state index in [0.29, 0.717) is 12.8 Å². The Balaban J connectivity index is 2.09. The lowest BCUT2D eigenvalue weighted by molar-refractivity contribution is -0.130. The fraction of sp³-hybridized carbons (Fsp3) is 0.250. The summed E-state index contributed by atoms with van der Waals surface area (Å²) in [7, 11) is 0. The Labute approximate surface area is 152 Å². The summed E-state index contributed by atoms with van der Waals surface area (Å²) < 4.78 is 0. The predicted molar refractivity (Wildman–Crippen MR) is 99.0 cm³/mol. The average molecular weight is 353 g/mol. The molecule has 2 atom stereocenters. The highest BCUT2D eigenvalue weighted by molar-refractivity contribution is 5.91. The van der Waals surface area contributed by atoms with Crippen LogP contribution in [0.4, 0.5) is 0 Å². The van der Waals surface area contributed by atoms with Gasteiger partial charge in [-0.15, -0.1) is 0 Å². The van der Waals surface area contributed by atoms with Gasteiger partial charge in [0.15, 0.2) is 0 Å². The number of hydrogen-bond acceptors (Lipinski definition) is 3. The van der Waals surface area contributed by atoms with Crippen LogP contribution in [-0.2, 0) is 27.2 Å². The van der Waals surface area contributed by atoms with Crippen molar-refractivity contribution in [1.82, 2.24) is 10.6 Å². The standard InChI is InChI=1S/C20H23N3O3/c1-14(24)22-18(13-16-10-6-3-7-11-16)20(26)23-17(19(21)25)12-15-8-4-2-5-9-15/h2-11,17-18H,12-13H2,1H3,(H2,21,25)(H,22,24)(H,23,26)/t17-,18-/m1/s1. The lowest BCUT2D eigenvalue weighted by Crippen LogP contribution is -2.54. The third-order valence-corrected chi connectivity index (χ3v) is 3.92. The molecule has 6 heteroatoms. The molecule has 3 amide bonds. The van der Waals surface area contributed by atoms with Crippen LogP contribution < -0.4 is 16.4 Å². The molecule has 0 unspecified atom stereocenters. The molecule has 26 heavy (non-hydrogen) atoms. The number of nitrogens with two attached hydrogens (primary N) is 1. The topological polar surface area (TPSA) is 101 Å². The highest BCUT2D eigenvalue weighted by Gasteiger charge is 2.25. The van der Waals surface area contributed by atoms with E-state index in [1.54, 1.807) is 0 Å². The summed E-state index contributed by atoms with van der Waals surface area (Å²) in [5, 5.41) is 5.30. The van der Waals surface area contributed by atoms with E-state index in [9.17, 15) is 14.4 Å². The second-order valence-corrected chi connectivity index (χ2v) is 6.10. The number of carbonyl (C=O) groups is 3. The normalized spacial score (nSPS) is 12.7. The zero-order valence-corrected chi connectivity index (χ0v) is 14.6. The number of primary amides is 1. The third kappa shape index (κ3) is 6.05. The molecule has 4 N–H and O–H groups in total. The minimum atomic E-state index is -0.850. The fourth-order valence-electron chi connectivity index (χ4n) is 2.65. The van der Waals surface area contributed by atoms with Crippen molar-refractivity contribution in [3.8, 4) is 0 Å². The van der Waals surface area contributed by atoms with Crippen molar-refractivity contribution in [2.24, 2.45) is 5.73 Å². The molecule has 0 radical (unpaired) electrons. The Morgan fingerprint density at radius 3 is 1.69 bits per heavy atom. The summed E-state index contributed by atoms with van der Waals surface area (Å²) in [6.45, 7) is 1.35. The van der Waals surface area contributed by atoms with Crippen molar-refractivity contribution in [3.63, 3.8) is 0 Å². The number of hydrogen-bond donors (Lipinski definition) is 3. The maximum atomic E-state index is 12.7. The van der Waals surface area contributed by atoms with Crippen LogP contribution >= 0.6 is 0 Å². The van der Waals surface area contributed by atoms with Gasteiger partial charge >= 0.3 is 0 Å². The fourth-order valence-corrected chi connectivity index (χ4v) is 2.65. The first-order valence-electron chi connectivity index (χ1n) is 8.40. The number of nitrogens with one attached hydrogen (secondary N) is 2. The van der Waals surface area contributed by atoms with Crippen molar-refractivity contribution in [1.29, 1.82) is 0 Å². The Kier molecular flexibility index (Phi) is 6.91. The summed E-state index contributed by atoms with van der Waals surface area (Å²) >= 11 is 0. The van der Waals surface area contributed by atoms with Gasteiger partial charge in [0.25, 0.3) is 0 Å². The summed E-state index contributed by atoms with van der Waals surface area (Å²) in [6, 6.07) is 17.0. The van der Waals surface area contributed by atoms with Gasteiger partial charge in [-0.25, -0.2) is 0 Å². The van der Waals surface area contributed by atoms with E-state index in [1.165, 1.54) is 6.92 Å². The molecule has 0 bridgehead atoms.